The smallest absolute Gasteiger partial charge is 0.460 e. The fourth-order valence-corrected chi connectivity index (χ4v) is 1.75. The molecule has 1 rings (SSSR count). The molecular formula is C13H9F11O2. The summed E-state index contributed by atoms with van der Waals surface area (Å²) in [7, 11) is 1.11. The molecule has 0 aromatic heterocycles. The van der Waals surface area contributed by atoms with Crippen molar-refractivity contribution in [3.63, 3.8) is 0 Å². The second kappa shape index (κ2) is 6.43. The number of alkyl halides is 11. The van der Waals surface area contributed by atoms with E-state index in [9.17, 15) is 53.4 Å². The Balaban J connectivity index is 3.37. The van der Waals surface area contributed by atoms with Gasteiger partial charge in [0.1, 0.15) is 11.9 Å². The van der Waals surface area contributed by atoms with E-state index in [1.165, 1.54) is 0 Å². The summed E-state index contributed by atoms with van der Waals surface area (Å²) < 4.78 is 146. The van der Waals surface area contributed by atoms with Crippen molar-refractivity contribution in [1.82, 2.24) is 0 Å². The molecule has 1 aromatic carbocycles. The quantitative estimate of drug-likeness (QED) is 0.686. The van der Waals surface area contributed by atoms with Gasteiger partial charge in [-0.2, -0.15) is 48.3 Å². The SMILES string of the molecule is COc1ccc(C(O)C(F)(F)C(F)(F)C(F)(F)C(F)(F)C(F)(F)F)cc1. The van der Waals surface area contributed by atoms with Crippen molar-refractivity contribution in [1.29, 1.82) is 0 Å². The van der Waals surface area contributed by atoms with Crippen molar-refractivity contribution in [3.05, 3.63) is 29.8 Å². The molecule has 1 aromatic rings. The molecule has 0 radical (unpaired) electrons. The molecule has 0 saturated carbocycles. The third kappa shape index (κ3) is 3.16. The van der Waals surface area contributed by atoms with Gasteiger partial charge in [0.05, 0.1) is 7.11 Å². The third-order valence-electron chi connectivity index (χ3n) is 3.34. The van der Waals surface area contributed by atoms with Crippen LogP contribution in [0.4, 0.5) is 48.3 Å². The van der Waals surface area contributed by atoms with Crippen LogP contribution >= 0.6 is 0 Å². The molecule has 0 heterocycles. The molecule has 1 unspecified atom stereocenters. The van der Waals surface area contributed by atoms with Crippen molar-refractivity contribution in [2.75, 3.05) is 7.11 Å². The lowest BCUT2D eigenvalue weighted by Crippen LogP contribution is -2.67. The maximum Gasteiger partial charge on any atom is 0.460 e. The number of ether oxygens (including phenoxy) is 1. The highest BCUT2D eigenvalue weighted by Gasteiger charge is 2.88. The van der Waals surface area contributed by atoms with Gasteiger partial charge in [-0.15, -0.1) is 0 Å². The molecule has 0 amide bonds. The van der Waals surface area contributed by atoms with Gasteiger partial charge in [-0.25, -0.2) is 0 Å². The molecule has 1 N–H and O–H groups in total. The Hall–Kier alpha value is -1.79. The Morgan fingerprint density at radius 1 is 0.731 bits per heavy atom. The minimum atomic E-state index is -7.56. The standard InChI is InChI=1S/C13H9F11O2/c1-26-7-4-2-6(3-5-7)8(25)9(14,15)10(16,17)11(18,19)12(20,21)13(22,23)24/h2-5,8,25H,1H3. The summed E-state index contributed by atoms with van der Waals surface area (Å²) in [5.74, 6) is -28.7. The maximum absolute atomic E-state index is 13.7. The molecule has 0 aliphatic heterocycles. The van der Waals surface area contributed by atoms with Gasteiger partial charge >= 0.3 is 29.9 Å². The zero-order valence-electron chi connectivity index (χ0n) is 12.4. The van der Waals surface area contributed by atoms with Gasteiger partial charge in [0.25, 0.3) is 0 Å². The molecule has 150 valence electrons. The van der Waals surface area contributed by atoms with E-state index in [4.69, 9.17) is 0 Å². The summed E-state index contributed by atoms with van der Waals surface area (Å²) >= 11 is 0. The predicted octanol–water partition coefficient (Wildman–Crippen LogP) is 4.83. The zero-order chi connectivity index (χ0) is 20.8. The number of hydrogen-bond acceptors (Lipinski definition) is 2. The van der Waals surface area contributed by atoms with E-state index in [0.717, 1.165) is 19.2 Å². The summed E-state index contributed by atoms with van der Waals surface area (Å²) in [4.78, 5) is 0. The number of benzene rings is 1. The van der Waals surface area contributed by atoms with E-state index in [-0.39, 0.29) is 5.75 Å². The van der Waals surface area contributed by atoms with Gasteiger partial charge in [-0.1, -0.05) is 12.1 Å². The minimum Gasteiger partial charge on any atom is -0.497 e. The predicted molar refractivity (Wildman–Crippen MR) is 63.8 cm³/mol. The first-order valence-corrected chi connectivity index (χ1v) is 6.35. The Labute approximate surface area is 138 Å². The molecule has 2 nitrogen and oxygen atoms in total. The number of hydrogen-bond donors (Lipinski definition) is 1. The van der Waals surface area contributed by atoms with Gasteiger partial charge in [0.15, 0.2) is 0 Å². The first kappa shape index (κ1) is 22.3. The van der Waals surface area contributed by atoms with Crippen molar-refractivity contribution >= 4 is 0 Å². The molecule has 0 aliphatic rings. The molecule has 0 aliphatic carbocycles. The van der Waals surface area contributed by atoms with Crippen LogP contribution in [0.3, 0.4) is 0 Å². The van der Waals surface area contributed by atoms with Crippen LogP contribution in [-0.2, 0) is 0 Å². The number of aliphatic hydroxyl groups is 1. The van der Waals surface area contributed by atoms with Crippen LogP contribution in [0.5, 0.6) is 5.75 Å². The minimum absolute atomic E-state index is 0.0371. The van der Waals surface area contributed by atoms with Gasteiger partial charge in [0, 0.05) is 0 Å². The van der Waals surface area contributed by atoms with Gasteiger partial charge in [-0.05, 0) is 17.7 Å². The second-order valence-corrected chi connectivity index (χ2v) is 5.02. The summed E-state index contributed by atoms with van der Waals surface area (Å²) in [6.45, 7) is 0. The van der Waals surface area contributed by atoms with Crippen LogP contribution < -0.4 is 4.74 Å². The third-order valence-corrected chi connectivity index (χ3v) is 3.34. The van der Waals surface area contributed by atoms with Crippen molar-refractivity contribution in [2.45, 2.75) is 36.0 Å². The van der Waals surface area contributed by atoms with Crippen LogP contribution in [-0.4, -0.2) is 42.1 Å². The molecule has 0 bridgehead atoms. The Bertz CT molecular complexity index is 622. The molecule has 13 heteroatoms. The number of rotatable bonds is 6. The number of halogens is 11. The average Bonchev–Trinajstić information content (AvgIpc) is 2.52. The summed E-state index contributed by atoms with van der Waals surface area (Å²) in [5, 5.41) is 9.25. The van der Waals surface area contributed by atoms with E-state index in [1.807, 2.05) is 0 Å². The maximum atomic E-state index is 13.7. The first-order valence-electron chi connectivity index (χ1n) is 6.35. The van der Waals surface area contributed by atoms with E-state index in [2.05, 4.69) is 4.74 Å². The highest BCUT2D eigenvalue weighted by Crippen LogP contribution is 2.59. The van der Waals surface area contributed by atoms with E-state index < -0.39 is 41.5 Å². The Morgan fingerprint density at radius 2 is 1.15 bits per heavy atom. The largest absolute Gasteiger partial charge is 0.497 e. The van der Waals surface area contributed by atoms with Crippen LogP contribution in [0.25, 0.3) is 0 Å². The van der Waals surface area contributed by atoms with E-state index in [0.29, 0.717) is 12.1 Å². The summed E-state index contributed by atoms with van der Waals surface area (Å²) in [6.07, 6.45) is -11.1. The lowest BCUT2D eigenvalue weighted by atomic mass is 9.91. The number of methoxy groups -OCH3 is 1. The molecule has 0 fully saturated rings. The lowest BCUT2D eigenvalue weighted by molar-refractivity contribution is -0.429. The lowest BCUT2D eigenvalue weighted by Gasteiger charge is -2.38. The van der Waals surface area contributed by atoms with Crippen molar-refractivity contribution in [2.24, 2.45) is 0 Å². The number of aliphatic hydroxyl groups excluding tert-OH is 1. The fraction of sp³-hybridized carbons (Fsp3) is 0.538. The summed E-state index contributed by atoms with van der Waals surface area (Å²) in [6, 6.07) is 2.67. The molecule has 0 saturated heterocycles. The molecule has 26 heavy (non-hydrogen) atoms. The molecule has 1 atom stereocenters. The normalized spacial score (nSPS) is 15.7. The zero-order valence-corrected chi connectivity index (χ0v) is 12.4. The van der Waals surface area contributed by atoms with Crippen LogP contribution in [0.15, 0.2) is 24.3 Å². The van der Waals surface area contributed by atoms with Crippen molar-refractivity contribution in [3.8, 4) is 5.75 Å². The first-order chi connectivity index (χ1) is 11.4. The highest BCUT2D eigenvalue weighted by atomic mass is 19.4. The average molecular weight is 406 g/mol. The monoisotopic (exact) mass is 406 g/mol. The van der Waals surface area contributed by atoms with Gasteiger partial charge in [0.2, 0.25) is 0 Å². The van der Waals surface area contributed by atoms with Crippen molar-refractivity contribution < 1.29 is 58.1 Å². The van der Waals surface area contributed by atoms with E-state index >= 15 is 0 Å². The fourth-order valence-electron chi connectivity index (χ4n) is 1.75. The van der Waals surface area contributed by atoms with Crippen LogP contribution in [0, 0.1) is 0 Å². The molecule has 0 spiro atoms. The van der Waals surface area contributed by atoms with Crippen LogP contribution in [0.1, 0.15) is 11.7 Å². The Morgan fingerprint density at radius 3 is 1.50 bits per heavy atom. The van der Waals surface area contributed by atoms with Crippen LogP contribution in [0.2, 0.25) is 0 Å². The highest BCUT2D eigenvalue weighted by molar-refractivity contribution is 5.30. The summed E-state index contributed by atoms with van der Waals surface area (Å²) in [5.41, 5.74) is -1.15. The second-order valence-electron chi connectivity index (χ2n) is 5.02. The Kier molecular flexibility index (Phi) is 5.50. The van der Waals surface area contributed by atoms with E-state index in [1.54, 1.807) is 0 Å². The van der Waals surface area contributed by atoms with Gasteiger partial charge < -0.3 is 9.84 Å². The topological polar surface area (TPSA) is 29.5 Å². The molecular weight excluding hydrogens is 397 g/mol. The van der Waals surface area contributed by atoms with Gasteiger partial charge in [-0.3, -0.25) is 0 Å².